The molecule has 0 unspecified atom stereocenters. The smallest absolute Gasteiger partial charge is 0.251 e. The first-order valence-electron chi connectivity index (χ1n) is 9.98. The molecule has 0 radical (unpaired) electrons. The van der Waals surface area contributed by atoms with E-state index in [2.05, 4.69) is 38.2 Å². The SMILES string of the molecule is Cc1ccccc1CNC(=O)c1ccc(COc2ccc(C(C)(C)C)cc2)cc1. The fourth-order valence-electron chi connectivity index (χ4n) is 3.06. The van der Waals surface area contributed by atoms with Gasteiger partial charge in [0.1, 0.15) is 12.4 Å². The normalized spacial score (nSPS) is 11.2. The summed E-state index contributed by atoms with van der Waals surface area (Å²) in [6.07, 6.45) is 0. The van der Waals surface area contributed by atoms with E-state index in [-0.39, 0.29) is 11.3 Å². The molecule has 0 saturated heterocycles. The number of carbonyl (C=O) groups is 1. The third-order valence-electron chi connectivity index (χ3n) is 5.04. The number of hydrogen-bond acceptors (Lipinski definition) is 2. The standard InChI is InChI=1S/C26H29NO2/c1-19-7-5-6-8-22(19)17-27-25(28)21-11-9-20(10-12-21)18-29-24-15-13-23(14-16-24)26(2,3)4/h5-16H,17-18H2,1-4H3,(H,27,28). The summed E-state index contributed by atoms with van der Waals surface area (Å²) >= 11 is 0. The van der Waals surface area contributed by atoms with Crippen LogP contribution < -0.4 is 10.1 Å². The van der Waals surface area contributed by atoms with Crippen molar-refractivity contribution in [3.05, 3.63) is 101 Å². The molecule has 3 nitrogen and oxygen atoms in total. The fraction of sp³-hybridized carbons (Fsp3) is 0.269. The Hall–Kier alpha value is -3.07. The summed E-state index contributed by atoms with van der Waals surface area (Å²) in [5, 5.41) is 2.98. The Morgan fingerprint density at radius 2 is 1.55 bits per heavy atom. The first kappa shape index (κ1) is 20.7. The zero-order chi connectivity index (χ0) is 20.9. The lowest BCUT2D eigenvalue weighted by Crippen LogP contribution is -2.23. The van der Waals surface area contributed by atoms with Crippen LogP contribution in [0.5, 0.6) is 5.75 Å². The molecule has 0 bridgehead atoms. The Labute approximate surface area is 173 Å². The Morgan fingerprint density at radius 3 is 2.17 bits per heavy atom. The molecule has 0 spiro atoms. The highest BCUT2D eigenvalue weighted by molar-refractivity contribution is 5.94. The number of amides is 1. The van der Waals surface area contributed by atoms with Crippen LogP contribution in [-0.4, -0.2) is 5.91 Å². The second kappa shape index (κ2) is 8.95. The molecular formula is C26H29NO2. The average Bonchev–Trinajstić information content (AvgIpc) is 2.71. The van der Waals surface area contributed by atoms with Crippen LogP contribution in [0.15, 0.2) is 72.8 Å². The molecule has 0 fully saturated rings. The molecule has 1 amide bonds. The molecule has 29 heavy (non-hydrogen) atoms. The molecule has 3 heteroatoms. The van der Waals surface area contributed by atoms with Gasteiger partial charge in [0.2, 0.25) is 0 Å². The zero-order valence-corrected chi connectivity index (χ0v) is 17.7. The molecule has 3 rings (SSSR count). The molecule has 0 heterocycles. The maximum absolute atomic E-state index is 12.4. The number of hydrogen-bond donors (Lipinski definition) is 1. The number of nitrogens with one attached hydrogen (secondary N) is 1. The zero-order valence-electron chi connectivity index (χ0n) is 17.7. The molecular weight excluding hydrogens is 358 g/mol. The summed E-state index contributed by atoms with van der Waals surface area (Å²) in [5.41, 5.74) is 5.40. The molecule has 0 saturated carbocycles. The van der Waals surface area contributed by atoms with Gasteiger partial charge >= 0.3 is 0 Å². The highest BCUT2D eigenvalue weighted by Gasteiger charge is 2.13. The van der Waals surface area contributed by atoms with Gasteiger partial charge in [0.25, 0.3) is 5.91 Å². The van der Waals surface area contributed by atoms with Gasteiger partial charge in [0.15, 0.2) is 0 Å². The van der Waals surface area contributed by atoms with Gasteiger partial charge in [-0.1, -0.05) is 69.3 Å². The summed E-state index contributed by atoms with van der Waals surface area (Å²) in [7, 11) is 0. The van der Waals surface area contributed by atoms with Gasteiger partial charge in [-0.05, 0) is 58.9 Å². The highest BCUT2D eigenvalue weighted by atomic mass is 16.5. The Bertz CT molecular complexity index is 951. The molecule has 0 aliphatic rings. The predicted octanol–water partition coefficient (Wildman–Crippen LogP) is 5.80. The van der Waals surface area contributed by atoms with E-state index in [1.165, 1.54) is 11.1 Å². The lowest BCUT2D eigenvalue weighted by atomic mass is 9.87. The van der Waals surface area contributed by atoms with Crippen LogP contribution in [0.1, 0.15) is 53.4 Å². The van der Waals surface area contributed by atoms with Gasteiger partial charge in [-0.15, -0.1) is 0 Å². The molecule has 150 valence electrons. The average molecular weight is 388 g/mol. The summed E-state index contributed by atoms with van der Waals surface area (Å²) in [6, 6.07) is 23.9. The van der Waals surface area contributed by atoms with Crippen molar-refractivity contribution in [1.29, 1.82) is 0 Å². The van der Waals surface area contributed by atoms with Crippen molar-refractivity contribution in [1.82, 2.24) is 5.32 Å². The largest absolute Gasteiger partial charge is 0.489 e. The van der Waals surface area contributed by atoms with Gasteiger partial charge in [-0.25, -0.2) is 0 Å². The highest BCUT2D eigenvalue weighted by Crippen LogP contribution is 2.24. The molecule has 3 aromatic rings. The second-order valence-electron chi connectivity index (χ2n) is 8.37. The Kier molecular flexibility index (Phi) is 6.38. The number of ether oxygens (including phenoxy) is 1. The molecule has 1 N–H and O–H groups in total. The van der Waals surface area contributed by atoms with Crippen molar-refractivity contribution in [2.75, 3.05) is 0 Å². The van der Waals surface area contributed by atoms with Gasteiger partial charge in [0.05, 0.1) is 0 Å². The predicted molar refractivity (Wildman–Crippen MR) is 118 cm³/mol. The minimum Gasteiger partial charge on any atom is -0.489 e. The van der Waals surface area contributed by atoms with Gasteiger partial charge in [0, 0.05) is 12.1 Å². The van der Waals surface area contributed by atoms with E-state index in [0.29, 0.717) is 18.7 Å². The van der Waals surface area contributed by atoms with Crippen LogP contribution in [0.3, 0.4) is 0 Å². The summed E-state index contributed by atoms with van der Waals surface area (Å²) in [5.74, 6) is 0.775. The Morgan fingerprint density at radius 1 is 0.897 bits per heavy atom. The molecule has 0 aromatic heterocycles. The molecule has 0 aliphatic heterocycles. The first-order valence-corrected chi connectivity index (χ1v) is 9.98. The van der Waals surface area contributed by atoms with E-state index in [0.717, 1.165) is 16.9 Å². The van der Waals surface area contributed by atoms with E-state index in [9.17, 15) is 4.79 Å². The number of rotatable bonds is 6. The lowest BCUT2D eigenvalue weighted by molar-refractivity contribution is 0.0951. The van der Waals surface area contributed by atoms with E-state index in [1.807, 2.05) is 67.6 Å². The lowest BCUT2D eigenvalue weighted by Gasteiger charge is -2.19. The van der Waals surface area contributed by atoms with Crippen LogP contribution in [0.4, 0.5) is 0 Å². The van der Waals surface area contributed by atoms with Crippen LogP contribution in [0.2, 0.25) is 0 Å². The second-order valence-corrected chi connectivity index (χ2v) is 8.37. The number of aryl methyl sites for hydroxylation is 1. The monoisotopic (exact) mass is 387 g/mol. The van der Waals surface area contributed by atoms with Crippen molar-refractivity contribution in [3.63, 3.8) is 0 Å². The van der Waals surface area contributed by atoms with Crippen molar-refractivity contribution in [2.45, 2.75) is 46.3 Å². The van der Waals surface area contributed by atoms with Gasteiger partial charge in [-0.3, -0.25) is 4.79 Å². The van der Waals surface area contributed by atoms with Crippen molar-refractivity contribution in [2.24, 2.45) is 0 Å². The van der Waals surface area contributed by atoms with Crippen molar-refractivity contribution >= 4 is 5.91 Å². The van der Waals surface area contributed by atoms with Crippen LogP contribution >= 0.6 is 0 Å². The minimum atomic E-state index is -0.0708. The van der Waals surface area contributed by atoms with Gasteiger partial charge < -0.3 is 10.1 Å². The summed E-state index contributed by atoms with van der Waals surface area (Å²) in [4.78, 5) is 12.4. The topological polar surface area (TPSA) is 38.3 Å². The maximum atomic E-state index is 12.4. The van der Waals surface area contributed by atoms with Crippen LogP contribution in [0.25, 0.3) is 0 Å². The van der Waals surface area contributed by atoms with E-state index < -0.39 is 0 Å². The van der Waals surface area contributed by atoms with E-state index in [1.54, 1.807) is 0 Å². The quantitative estimate of drug-likeness (QED) is 0.580. The third kappa shape index (κ3) is 5.71. The Balaban J connectivity index is 1.53. The number of benzene rings is 3. The van der Waals surface area contributed by atoms with Crippen LogP contribution in [-0.2, 0) is 18.6 Å². The maximum Gasteiger partial charge on any atom is 0.251 e. The molecule has 0 atom stereocenters. The summed E-state index contributed by atoms with van der Waals surface area (Å²) in [6.45, 7) is 9.64. The fourth-order valence-corrected chi connectivity index (χ4v) is 3.06. The first-order chi connectivity index (χ1) is 13.8. The molecule has 0 aliphatic carbocycles. The third-order valence-corrected chi connectivity index (χ3v) is 5.04. The minimum absolute atomic E-state index is 0.0708. The molecule has 3 aromatic carbocycles. The van der Waals surface area contributed by atoms with Crippen molar-refractivity contribution < 1.29 is 9.53 Å². The van der Waals surface area contributed by atoms with Crippen LogP contribution in [0, 0.1) is 6.92 Å². The van der Waals surface area contributed by atoms with E-state index >= 15 is 0 Å². The van der Waals surface area contributed by atoms with Gasteiger partial charge in [-0.2, -0.15) is 0 Å². The number of carbonyl (C=O) groups excluding carboxylic acids is 1. The van der Waals surface area contributed by atoms with Crippen molar-refractivity contribution in [3.8, 4) is 5.75 Å². The van der Waals surface area contributed by atoms with E-state index in [4.69, 9.17) is 4.74 Å². The summed E-state index contributed by atoms with van der Waals surface area (Å²) < 4.78 is 5.88.